The monoisotopic (exact) mass is 390 g/mol. The second-order valence-electron chi connectivity index (χ2n) is 8.65. The number of aliphatic imine (C=N–C) groups is 2. The first-order valence-electron chi connectivity index (χ1n) is 10.5. The standard InChI is InChI=1S/C25H30N2O2/c1-17(19-11-7-5-8-12-19)21-15-28-23(26-21)25(3,4)24-27-22(16-29-24)18(2)20-13-9-6-10-14-20/h5-14,17-18,21-22H,15-16H2,1-4H3/t17?,18?,21-,22-/m1/s1. The quantitative estimate of drug-likeness (QED) is 0.679. The van der Waals surface area contributed by atoms with Crippen molar-refractivity contribution in [3.63, 3.8) is 0 Å². The molecule has 152 valence electrons. The van der Waals surface area contributed by atoms with Crippen molar-refractivity contribution in [2.75, 3.05) is 13.2 Å². The SMILES string of the molecule is CC(c1ccccc1)[C@H]1COC(C(C)(C)C2=N[C@@H](C(C)c3ccccc3)CO2)=N1. The number of hydrogen-bond acceptors (Lipinski definition) is 4. The molecule has 2 heterocycles. The van der Waals surface area contributed by atoms with E-state index in [9.17, 15) is 0 Å². The van der Waals surface area contributed by atoms with Gasteiger partial charge in [0, 0.05) is 11.8 Å². The van der Waals surface area contributed by atoms with Crippen LogP contribution < -0.4 is 0 Å². The lowest BCUT2D eigenvalue weighted by molar-refractivity contribution is 0.257. The molecule has 0 spiro atoms. The topological polar surface area (TPSA) is 43.2 Å². The first-order chi connectivity index (χ1) is 14.0. The maximum absolute atomic E-state index is 6.05. The Labute approximate surface area is 173 Å². The number of ether oxygens (including phenoxy) is 2. The van der Waals surface area contributed by atoms with Crippen molar-refractivity contribution in [1.82, 2.24) is 0 Å². The largest absolute Gasteiger partial charge is 0.478 e. The molecule has 0 radical (unpaired) electrons. The van der Waals surface area contributed by atoms with Gasteiger partial charge < -0.3 is 9.47 Å². The minimum atomic E-state index is -0.462. The Balaban J connectivity index is 1.50. The normalized spacial score (nSPS) is 23.6. The summed E-state index contributed by atoms with van der Waals surface area (Å²) in [6.45, 7) is 9.82. The Kier molecular flexibility index (Phi) is 5.44. The fourth-order valence-electron chi connectivity index (χ4n) is 4.02. The Bertz CT molecular complexity index is 816. The summed E-state index contributed by atoms with van der Waals surface area (Å²) in [5.41, 5.74) is 2.11. The maximum atomic E-state index is 6.05. The van der Waals surface area contributed by atoms with E-state index in [0.717, 1.165) is 11.8 Å². The highest BCUT2D eigenvalue weighted by Gasteiger charge is 2.42. The van der Waals surface area contributed by atoms with Crippen LogP contribution >= 0.6 is 0 Å². The molecular weight excluding hydrogens is 360 g/mol. The third-order valence-corrected chi connectivity index (χ3v) is 6.22. The lowest BCUT2D eigenvalue weighted by Crippen LogP contribution is -2.34. The van der Waals surface area contributed by atoms with Crippen molar-refractivity contribution >= 4 is 11.8 Å². The molecule has 2 aromatic rings. The third kappa shape index (κ3) is 3.93. The van der Waals surface area contributed by atoms with Gasteiger partial charge in [-0.15, -0.1) is 0 Å². The van der Waals surface area contributed by atoms with E-state index in [1.807, 2.05) is 12.1 Å². The van der Waals surface area contributed by atoms with E-state index in [0.29, 0.717) is 25.0 Å². The minimum absolute atomic E-state index is 0.118. The minimum Gasteiger partial charge on any atom is -0.478 e. The van der Waals surface area contributed by atoms with Crippen LogP contribution in [0.25, 0.3) is 0 Å². The van der Waals surface area contributed by atoms with Crippen molar-refractivity contribution < 1.29 is 9.47 Å². The molecule has 4 nitrogen and oxygen atoms in total. The summed E-state index contributed by atoms with van der Waals surface area (Å²) in [5, 5.41) is 0. The summed E-state index contributed by atoms with van der Waals surface area (Å²) < 4.78 is 12.1. The van der Waals surface area contributed by atoms with Crippen LogP contribution in [0.5, 0.6) is 0 Å². The molecule has 2 aliphatic heterocycles. The van der Waals surface area contributed by atoms with Crippen molar-refractivity contribution in [1.29, 1.82) is 0 Å². The summed E-state index contributed by atoms with van der Waals surface area (Å²) >= 11 is 0. The van der Waals surface area contributed by atoms with Gasteiger partial charge >= 0.3 is 0 Å². The summed E-state index contributed by atoms with van der Waals surface area (Å²) in [5.74, 6) is 2.08. The first kappa shape index (κ1) is 19.7. The number of rotatable bonds is 6. The second kappa shape index (κ2) is 8.02. The summed E-state index contributed by atoms with van der Waals surface area (Å²) in [6, 6.07) is 21.2. The van der Waals surface area contributed by atoms with E-state index < -0.39 is 5.41 Å². The first-order valence-corrected chi connectivity index (χ1v) is 10.5. The zero-order valence-corrected chi connectivity index (χ0v) is 17.7. The molecule has 0 aliphatic carbocycles. The molecule has 4 rings (SSSR count). The average molecular weight is 391 g/mol. The van der Waals surface area contributed by atoms with Crippen LogP contribution in [0.2, 0.25) is 0 Å². The van der Waals surface area contributed by atoms with Crippen molar-refractivity contribution in [3.8, 4) is 0 Å². The van der Waals surface area contributed by atoms with Crippen LogP contribution in [0, 0.1) is 5.41 Å². The van der Waals surface area contributed by atoms with Crippen molar-refractivity contribution in [2.24, 2.45) is 15.4 Å². The van der Waals surface area contributed by atoms with E-state index in [1.165, 1.54) is 11.1 Å². The molecule has 2 aliphatic rings. The van der Waals surface area contributed by atoms with E-state index in [1.54, 1.807) is 0 Å². The maximum Gasteiger partial charge on any atom is 0.199 e. The summed E-state index contributed by atoms with van der Waals surface area (Å²) in [7, 11) is 0. The number of benzene rings is 2. The molecule has 0 aromatic heterocycles. The highest BCUT2D eigenvalue weighted by atomic mass is 16.5. The van der Waals surface area contributed by atoms with Gasteiger partial charge in [-0.2, -0.15) is 0 Å². The molecule has 0 saturated heterocycles. The van der Waals surface area contributed by atoms with Crippen LogP contribution in [0.4, 0.5) is 0 Å². The van der Waals surface area contributed by atoms with Gasteiger partial charge in [0.15, 0.2) is 11.8 Å². The zero-order chi connectivity index (χ0) is 20.4. The molecule has 0 fully saturated rings. The Morgan fingerprint density at radius 3 is 1.48 bits per heavy atom. The van der Waals surface area contributed by atoms with Gasteiger partial charge in [0.1, 0.15) is 18.6 Å². The fraction of sp³-hybridized carbons (Fsp3) is 0.440. The average Bonchev–Trinajstić information content (AvgIpc) is 3.45. The van der Waals surface area contributed by atoms with Crippen LogP contribution in [0.15, 0.2) is 70.6 Å². The molecule has 0 bridgehead atoms. The molecule has 4 atom stereocenters. The number of hydrogen-bond donors (Lipinski definition) is 0. The van der Waals surface area contributed by atoms with Crippen LogP contribution in [0.1, 0.15) is 50.7 Å². The predicted octanol–water partition coefficient (Wildman–Crippen LogP) is 5.21. The van der Waals surface area contributed by atoms with Gasteiger partial charge in [0.2, 0.25) is 0 Å². The van der Waals surface area contributed by atoms with Crippen LogP contribution in [-0.2, 0) is 9.47 Å². The van der Waals surface area contributed by atoms with E-state index in [4.69, 9.17) is 19.5 Å². The Morgan fingerprint density at radius 1 is 0.724 bits per heavy atom. The lowest BCUT2D eigenvalue weighted by Gasteiger charge is -2.22. The fourth-order valence-corrected chi connectivity index (χ4v) is 4.02. The molecule has 0 N–H and O–H groups in total. The highest BCUT2D eigenvalue weighted by Crippen LogP contribution is 2.34. The third-order valence-electron chi connectivity index (χ3n) is 6.22. The molecule has 0 amide bonds. The van der Waals surface area contributed by atoms with Gasteiger partial charge in [0.25, 0.3) is 0 Å². The van der Waals surface area contributed by atoms with Gasteiger partial charge in [-0.25, -0.2) is 9.98 Å². The lowest BCUT2D eigenvalue weighted by atomic mass is 9.91. The number of nitrogens with zero attached hydrogens (tertiary/aromatic N) is 2. The van der Waals surface area contributed by atoms with Crippen molar-refractivity contribution in [3.05, 3.63) is 71.8 Å². The van der Waals surface area contributed by atoms with Gasteiger partial charge in [-0.05, 0) is 25.0 Å². The van der Waals surface area contributed by atoms with E-state index in [2.05, 4.69) is 76.2 Å². The smallest absolute Gasteiger partial charge is 0.199 e. The van der Waals surface area contributed by atoms with Gasteiger partial charge in [-0.1, -0.05) is 74.5 Å². The van der Waals surface area contributed by atoms with Crippen LogP contribution in [-0.4, -0.2) is 37.1 Å². The zero-order valence-electron chi connectivity index (χ0n) is 17.7. The van der Waals surface area contributed by atoms with E-state index >= 15 is 0 Å². The molecule has 0 saturated carbocycles. The van der Waals surface area contributed by atoms with Gasteiger partial charge in [-0.3, -0.25) is 0 Å². The van der Waals surface area contributed by atoms with E-state index in [-0.39, 0.29) is 12.1 Å². The second-order valence-corrected chi connectivity index (χ2v) is 8.65. The molecule has 29 heavy (non-hydrogen) atoms. The molecule has 2 unspecified atom stereocenters. The summed E-state index contributed by atoms with van der Waals surface area (Å²) in [4.78, 5) is 9.88. The highest BCUT2D eigenvalue weighted by molar-refractivity contribution is 6.05. The Morgan fingerprint density at radius 2 is 1.10 bits per heavy atom. The predicted molar refractivity (Wildman–Crippen MR) is 118 cm³/mol. The summed E-state index contributed by atoms with van der Waals surface area (Å²) in [6.07, 6.45) is 0. The van der Waals surface area contributed by atoms with Gasteiger partial charge in [0.05, 0.1) is 12.1 Å². The Hall–Kier alpha value is -2.62. The molecule has 2 aromatic carbocycles. The van der Waals surface area contributed by atoms with Crippen molar-refractivity contribution in [2.45, 2.75) is 51.6 Å². The van der Waals surface area contributed by atoms with Crippen LogP contribution in [0.3, 0.4) is 0 Å². The molecular formula is C25H30N2O2. The molecule has 4 heteroatoms.